The van der Waals surface area contributed by atoms with Crippen molar-refractivity contribution in [1.82, 2.24) is 10.3 Å². The van der Waals surface area contributed by atoms with Crippen molar-refractivity contribution in [3.05, 3.63) is 83.4 Å². The van der Waals surface area contributed by atoms with Gasteiger partial charge < -0.3 is 14.8 Å². The molecular formula is C28H27N3O3S. The molecule has 0 spiro atoms. The third-order valence-corrected chi connectivity index (χ3v) is 5.82. The molecule has 3 aromatic carbocycles. The molecule has 0 atom stereocenters. The molecule has 0 aliphatic rings. The number of aromatic hydroxyl groups is 1. The highest BCUT2D eigenvalue weighted by Crippen LogP contribution is 2.33. The normalized spacial score (nSPS) is 11.3. The van der Waals surface area contributed by atoms with Crippen molar-refractivity contribution in [3.63, 3.8) is 0 Å². The summed E-state index contributed by atoms with van der Waals surface area (Å²) in [5.41, 5.74) is 5.69. The van der Waals surface area contributed by atoms with E-state index in [-0.39, 0.29) is 16.8 Å². The monoisotopic (exact) mass is 485 g/mol. The molecule has 6 nitrogen and oxygen atoms in total. The molecule has 0 unspecified atom stereocenters. The van der Waals surface area contributed by atoms with Gasteiger partial charge in [-0.2, -0.15) is 0 Å². The van der Waals surface area contributed by atoms with Gasteiger partial charge in [-0.1, -0.05) is 51.1 Å². The zero-order chi connectivity index (χ0) is 24.9. The number of hydrogen-bond donors (Lipinski definition) is 3. The fourth-order valence-corrected chi connectivity index (χ4v) is 3.79. The number of phenols is 1. The lowest BCUT2D eigenvalue weighted by atomic mass is 10.0. The molecule has 3 N–H and O–H groups in total. The van der Waals surface area contributed by atoms with E-state index < -0.39 is 0 Å². The average Bonchev–Trinajstić information content (AvgIpc) is 3.27. The molecule has 178 valence electrons. The third kappa shape index (κ3) is 5.94. The van der Waals surface area contributed by atoms with Gasteiger partial charge in [-0.3, -0.25) is 10.1 Å². The van der Waals surface area contributed by atoms with E-state index >= 15 is 0 Å². The Kier molecular flexibility index (Phi) is 7.27. The molecule has 1 heterocycles. The molecule has 0 saturated heterocycles. The summed E-state index contributed by atoms with van der Waals surface area (Å²) in [6, 6.07) is 18.7. The van der Waals surface area contributed by atoms with Crippen molar-refractivity contribution < 1.29 is 14.3 Å². The summed E-state index contributed by atoms with van der Waals surface area (Å²) in [6.07, 6.45) is 4.06. The highest BCUT2D eigenvalue weighted by atomic mass is 32.1. The summed E-state index contributed by atoms with van der Waals surface area (Å²) in [4.78, 5) is 16.8. The topological polar surface area (TPSA) is 87.4 Å². The van der Waals surface area contributed by atoms with E-state index in [1.54, 1.807) is 18.2 Å². The number of rotatable bonds is 6. The van der Waals surface area contributed by atoms with Gasteiger partial charge in [0.15, 0.2) is 10.7 Å². The zero-order valence-corrected chi connectivity index (χ0v) is 20.6. The Hall–Kier alpha value is -3.97. The van der Waals surface area contributed by atoms with Crippen LogP contribution in [0.5, 0.6) is 5.75 Å². The lowest BCUT2D eigenvalue weighted by Gasteiger charge is -2.10. The van der Waals surface area contributed by atoms with Crippen LogP contribution in [0.2, 0.25) is 0 Å². The van der Waals surface area contributed by atoms with Crippen LogP contribution in [-0.2, 0) is 11.2 Å². The van der Waals surface area contributed by atoms with Crippen molar-refractivity contribution in [3.8, 4) is 17.2 Å². The number of phenolic OH excluding ortho intramolecular Hbond substituents is 1. The maximum absolute atomic E-state index is 12.3. The Labute approximate surface area is 209 Å². The number of oxazole rings is 1. The van der Waals surface area contributed by atoms with Gasteiger partial charge in [0.1, 0.15) is 11.3 Å². The summed E-state index contributed by atoms with van der Waals surface area (Å²) in [5.74, 6) is 0.437. The first-order chi connectivity index (χ1) is 16.8. The van der Waals surface area contributed by atoms with Gasteiger partial charge in [-0.05, 0) is 77.7 Å². The summed E-state index contributed by atoms with van der Waals surface area (Å²) < 4.78 is 5.84. The first-order valence-electron chi connectivity index (χ1n) is 11.4. The summed E-state index contributed by atoms with van der Waals surface area (Å²) in [6.45, 7) is 6.35. The van der Waals surface area contributed by atoms with Crippen molar-refractivity contribution in [1.29, 1.82) is 0 Å². The molecule has 4 rings (SSSR count). The number of hydrogen-bond acceptors (Lipinski definition) is 5. The highest BCUT2D eigenvalue weighted by Gasteiger charge is 2.14. The Morgan fingerprint density at radius 2 is 1.89 bits per heavy atom. The van der Waals surface area contributed by atoms with E-state index in [9.17, 15) is 9.90 Å². The Morgan fingerprint density at radius 1 is 1.11 bits per heavy atom. The number of nitrogens with one attached hydrogen (secondary N) is 2. The Morgan fingerprint density at radius 3 is 2.60 bits per heavy atom. The number of carbonyl (C=O) groups excluding carboxylic acids is 1. The lowest BCUT2D eigenvalue weighted by molar-refractivity contribution is -0.115. The number of aryl methyl sites for hydroxylation is 1. The second-order valence-electron chi connectivity index (χ2n) is 8.50. The van der Waals surface area contributed by atoms with Gasteiger partial charge in [0.25, 0.3) is 0 Å². The number of fused-ring (bicyclic) bond motifs is 1. The third-order valence-electron chi connectivity index (χ3n) is 5.61. The molecule has 1 aromatic heterocycles. The molecule has 4 aromatic rings. The van der Waals surface area contributed by atoms with E-state index in [1.807, 2.05) is 30.3 Å². The van der Waals surface area contributed by atoms with Crippen LogP contribution in [0.3, 0.4) is 0 Å². The standard InChI is InChI=1S/C28H27N3O3S/c1-4-18-7-13-25-23(15-18)30-27(34-25)22-16-21(11-12-24(22)32)29-28(35)31-26(33)14-8-19-5-9-20(10-6-19)17(2)3/h5-17,32H,4H2,1-3H3,(H2,29,31,33,35)/b14-8+. The number of nitrogens with zero attached hydrogens (tertiary/aromatic N) is 1. The second-order valence-corrected chi connectivity index (χ2v) is 8.91. The molecule has 0 radical (unpaired) electrons. The largest absolute Gasteiger partial charge is 0.507 e. The molecule has 0 saturated carbocycles. The molecule has 7 heteroatoms. The van der Waals surface area contributed by atoms with Gasteiger partial charge in [0.2, 0.25) is 11.8 Å². The van der Waals surface area contributed by atoms with Gasteiger partial charge in [0, 0.05) is 11.8 Å². The smallest absolute Gasteiger partial charge is 0.250 e. The van der Waals surface area contributed by atoms with Gasteiger partial charge in [0.05, 0.1) is 5.56 Å². The molecular weight excluding hydrogens is 458 g/mol. The van der Waals surface area contributed by atoms with E-state index in [2.05, 4.69) is 48.5 Å². The molecule has 1 amide bonds. The van der Waals surface area contributed by atoms with Crippen LogP contribution in [-0.4, -0.2) is 21.1 Å². The molecule has 0 aliphatic carbocycles. The van der Waals surface area contributed by atoms with Crippen molar-refractivity contribution in [2.45, 2.75) is 33.1 Å². The lowest BCUT2D eigenvalue weighted by Crippen LogP contribution is -2.32. The summed E-state index contributed by atoms with van der Waals surface area (Å²) >= 11 is 5.28. The minimum absolute atomic E-state index is 0.0270. The maximum Gasteiger partial charge on any atom is 0.250 e. The number of aromatic nitrogens is 1. The zero-order valence-electron chi connectivity index (χ0n) is 19.8. The van der Waals surface area contributed by atoms with Gasteiger partial charge >= 0.3 is 0 Å². The minimum atomic E-state index is -0.347. The fraction of sp³-hybridized carbons (Fsp3) is 0.179. The Bertz CT molecular complexity index is 1400. The maximum atomic E-state index is 12.3. The van der Waals surface area contributed by atoms with Gasteiger partial charge in [-0.15, -0.1) is 0 Å². The first kappa shape index (κ1) is 24.2. The summed E-state index contributed by atoms with van der Waals surface area (Å²) in [7, 11) is 0. The number of thiocarbonyl (C=S) groups is 1. The van der Waals surface area contributed by atoms with E-state index in [4.69, 9.17) is 16.6 Å². The first-order valence-corrected chi connectivity index (χ1v) is 11.9. The summed E-state index contributed by atoms with van der Waals surface area (Å²) in [5, 5.41) is 16.1. The number of carbonyl (C=O) groups is 1. The highest BCUT2D eigenvalue weighted by molar-refractivity contribution is 7.80. The van der Waals surface area contributed by atoms with Crippen LogP contribution in [0.25, 0.3) is 28.6 Å². The van der Waals surface area contributed by atoms with Crippen LogP contribution in [0.1, 0.15) is 43.4 Å². The number of anilines is 1. The van der Waals surface area contributed by atoms with Crippen LogP contribution in [0.4, 0.5) is 5.69 Å². The molecule has 0 aliphatic heterocycles. The predicted molar refractivity (Wildman–Crippen MR) is 144 cm³/mol. The van der Waals surface area contributed by atoms with Crippen LogP contribution in [0.15, 0.2) is 71.2 Å². The Balaban J connectivity index is 1.42. The van der Waals surface area contributed by atoms with Crippen molar-refractivity contribution in [2.24, 2.45) is 0 Å². The van der Waals surface area contributed by atoms with Crippen LogP contribution < -0.4 is 10.6 Å². The van der Waals surface area contributed by atoms with E-state index in [0.29, 0.717) is 28.6 Å². The second kappa shape index (κ2) is 10.5. The van der Waals surface area contributed by atoms with E-state index in [0.717, 1.165) is 23.1 Å². The number of benzene rings is 3. The molecule has 0 fully saturated rings. The fourth-order valence-electron chi connectivity index (χ4n) is 3.57. The number of amides is 1. The average molecular weight is 486 g/mol. The van der Waals surface area contributed by atoms with Crippen LogP contribution >= 0.6 is 12.2 Å². The SMILES string of the molecule is CCc1ccc2oc(-c3cc(NC(=S)NC(=O)/C=C/c4ccc(C(C)C)cc4)ccc3O)nc2c1. The van der Waals surface area contributed by atoms with Crippen molar-refractivity contribution in [2.75, 3.05) is 5.32 Å². The van der Waals surface area contributed by atoms with E-state index in [1.165, 1.54) is 17.7 Å². The quantitative estimate of drug-likeness (QED) is 0.166. The minimum Gasteiger partial charge on any atom is -0.507 e. The molecule has 0 bridgehead atoms. The van der Waals surface area contributed by atoms with Gasteiger partial charge in [-0.25, -0.2) is 4.98 Å². The molecule has 35 heavy (non-hydrogen) atoms. The van der Waals surface area contributed by atoms with Crippen LogP contribution in [0, 0.1) is 0 Å². The predicted octanol–water partition coefficient (Wildman–Crippen LogP) is 6.41. The van der Waals surface area contributed by atoms with Crippen molar-refractivity contribution >= 4 is 46.1 Å².